The van der Waals surface area contributed by atoms with Crippen LogP contribution in [0.4, 0.5) is 28.4 Å². The largest absolute Gasteiger partial charge is 0.375 e. The lowest BCUT2D eigenvalue weighted by molar-refractivity contribution is 0.195. The number of anilines is 5. The minimum atomic E-state index is -0.00557. The van der Waals surface area contributed by atoms with Crippen molar-refractivity contribution in [2.45, 2.75) is 50.5 Å². The Morgan fingerprint density at radius 1 is 0.536 bits per heavy atom. The minimum absolute atomic E-state index is 0.000807. The summed E-state index contributed by atoms with van der Waals surface area (Å²) < 4.78 is 2.72. The molecular weight excluding hydrogens is 677 g/mol. The average molecular weight is 720 g/mol. The van der Waals surface area contributed by atoms with Gasteiger partial charge in [-0.2, -0.15) is 0 Å². The first kappa shape index (κ1) is 32.0. The summed E-state index contributed by atoms with van der Waals surface area (Å²) in [6.45, 7) is 5.09. The smallest absolute Gasteiger partial charge is 0.333 e. The summed E-state index contributed by atoms with van der Waals surface area (Å²) in [5.41, 5.74) is 19.6. The van der Waals surface area contributed by atoms with Gasteiger partial charge in [-0.25, -0.2) is 0 Å². The Labute approximate surface area is 329 Å². The highest BCUT2D eigenvalue weighted by Gasteiger charge is 2.57. The molecule has 1 aromatic heterocycles. The molecule has 3 aliphatic heterocycles. The zero-order chi connectivity index (χ0) is 37.2. The van der Waals surface area contributed by atoms with E-state index in [1.807, 2.05) is 0 Å². The lowest BCUT2D eigenvalue weighted by Crippen LogP contribution is -2.56. The van der Waals surface area contributed by atoms with E-state index in [2.05, 4.69) is 198 Å². The monoisotopic (exact) mass is 719 g/mol. The van der Waals surface area contributed by atoms with Crippen LogP contribution in [0.25, 0.3) is 44.4 Å². The van der Waals surface area contributed by atoms with E-state index in [9.17, 15) is 0 Å². The van der Waals surface area contributed by atoms with Crippen molar-refractivity contribution in [1.29, 1.82) is 0 Å². The summed E-state index contributed by atoms with van der Waals surface area (Å²) in [4.78, 5) is 5.16. The third kappa shape index (κ3) is 4.09. The number of benzene rings is 7. The van der Waals surface area contributed by atoms with E-state index in [0.29, 0.717) is 0 Å². The van der Waals surface area contributed by atoms with Crippen LogP contribution in [0, 0.1) is 0 Å². The van der Waals surface area contributed by atoms with Gasteiger partial charge in [-0.3, -0.25) is 0 Å². The molecule has 1 aliphatic carbocycles. The number of rotatable bonds is 4. The predicted molar refractivity (Wildman–Crippen MR) is 236 cm³/mol. The SMILES string of the molecule is CC12CCCCC1(C)N(c1ccccc1)c1ccc(-c3c(-c4ccccc4)n4c5c(cccc35)-c3cccc5c3B4c3ccccc3N5c3ccccc3)cc12. The van der Waals surface area contributed by atoms with Gasteiger partial charge in [0.15, 0.2) is 0 Å². The summed E-state index contributed by atoms with van der Waals surface area (Å²) in [6.07, 6.45) is 4.90. The molecule has 0 bridgehead atoms. The molecule has 0 N–H and O–H groups in total. The van der Waals surface area contributed by atoms with Gasteiger partial charge in [0.1, 0.15) is 0 Å². The van der Waals surface area contributed by atoms with Gasteiger partial charge in [-0.1, -0.05) is 141 Å². The van der Waals surface area contributed by atoms with E-state index >= 15 is 0 Å². The van der Waals surface area contributed by atoms with Crippen LogP contribution in [0.1, 0.15) is 45.1 Å². The fraction of sp³-hybridized carbons (Fsp3) is 0.154. The van der Waals surface area contributed by atoms with Crippen molar-refractivity contribution >= 4 is 57.1 Å². The quantitative estimate of drug-likeness (QED) is 0.168. The third-order valence-electron chi connectivity index (χ3n) is 14.1. The number of aromatic nitrogens is 1. The molecule has 0 saturated heterocycles. The van der Waals surface area contributed by atoms with E-state index in [-0.39, 0.29) is 17.8 Å². The summed E-state index contributed by atoms with van der Waals surface area (Å²) in [6, 6.07) is 63.7. The number of hydrogen-bond donors (Lipinski definition) is 0. The molecule has 2 unspecified atom stereocenters. The van der Waals surface area contributed by atoms with Crippen LogP contribution in [-0.2, 0) is 5.41 Å². The van der Waals surface area contributed by atoms with Gasteiger partial charge in [0.05, 0.1) is 5.54 Å². The molecular formula is C52H42BN3. The number of nitrogens with zero attached hydrogens (tertiary/aromatic N) is 3. The molecule has 0 spiro atoms. The van der Waals surface area contributed by atoms with Crippen LogP contribution in [-0.4, -0.2) is 16.9 Å². The van der Waals surface area contributed by atoms with Crippen LogP contribution in [0.5, 0.6) is 0 Å². The highest BCUT2D eigenvalue weighted by Crippen LogP contribution is 2.61. The number of hydrogen-bond acceptors (Lipinski definition) is 2. The molecule has 4 heteroatoms. The Hall–Kier alpha value is -6.26. The molecule has 0 radical (unpaired) electrons. The number of fused-ring (bicyclic) bond motifs is 7. The summed E-state index contributed by atoms with van der Waals surface area (Å²) in [7, 11) is 0. The lowest BCUT2D eigenvalue weighted by atomic mass is 9.45. The highest BCUT2D eigenvalue weighted by molar-refractivity contribution is 6.89. The maximum Gasteiger partial charge on any atom is 0.333 e. The summed E-state index contributed by atoms with van der Waals surface area (Å²) in [5.74, 6) is 0. The van der Waals surface area contributed by atoms with Gasteiger partial charge >= 0.3 is 6.85 Å². The Bertz CT molecular complexity index is 2860. The maximum atomic E-state index is 2.72. The Kier molecular flexibility index (Phi) is 6.65. The van der Waals surface area contributed by atoms with E-state index < -0.39 is 0 Å². The van der Waals surface area contributed by atoms with E-state index in [0.717, 1.165) is 0 Å². The van der Waals surface area contributed by atoms with E-state index in [4.69, 9.17) is 0 Å². The summed E-state index contributed by atoms with van der Waals surface area (Å²) in [5, 5.41) is 1.31. The first-order chi connectivity index (χ1) is 27.6. The van der Waals surface area contributed by atoms with Crippen molar-refractivity contribution in [1.82, 2.24) is 4.48 Å². The Morgan fingerprint density at radius 2 is 1.20 bits per heavy atom. The van der Waals surface area contributed by atoms with Crippen molar-refractivity contribution in [3.63, 3.8) is 0 Å². The van der Waals surface area contributed by atoms with Crippen LogP contribution < -0.4 is 20.7 Å². The van der Waals surface area contributed by atoms with Crippen molar-refractivity contribution in [3.05, 3.63) is 175 Å². The molecule has 1 fully saturated rings. The molecule has 3 nitrogen and oxygen atoms in total. The van der Waals surface area contributed by atoms with Gasteiger partial charge in [0, 0.05) is 61.6 Å². The van der Waals surface area contributed by atoms with Crippen LogP contribution in [0.3, 0.4) is 0 Å². The first-order valence-electron chi connectivity index (χ1n) is 20.4. The molecule has 7 aromatic carbocycles. The molecule has 0 amide bonds. The van der Waals surface area contributed by atoms with Crippen molar-refractivity contribution in [3.8, 4) is 33.5 Å². The topological polar surface area (TPSA) is 11.4 Å². The molecule has 4 heterocycles. The van der Waals surface area contributed by atoms with Gasteiger partial charge in [0.25, 0.3) is 0 Å². The third-order valence-corrected chi connectivity index (χ3v) is 14.1. The fourth-order valence-corrected chi connectivity index (χ4v) is 11.5. The van der Waals surface area contributed by atoms with Gasteiger partial charge in [0.2, 0.25) is 0 Å². The van der Waals surface area contributed by atoms with Crippen molar-refractivity contribution in [2.24, 2.45) is 0 Å². The molecule has 2 atom stereocenters. The van der Waals surface area contributed by atoms with Gasteiger partial charge < -0.3 is 14.3 Å². The van der Waals surface area contributed by atoms with E-state index in [1.54, 1.807) is 0 Å². The van der Waals surface area contributed by atoms with E-state index in [1.165, 1.54) is 115 Å². The average Bonchev–Trinajstić information content (AvgIpc) is 3.70. The zero-order valence-electron chi connectivity index (χ0n) is 31.9. The molecule has 4 aliphatic rings. The minimum Gasteiger partial charge on any atom is -0.375 e. The summed E-state index contributed by atoms with van der Waals surface area (Å²) >= 11 is 0. The molecule has 8 aromatic rings. The second kappa shape index (κ2) is 11.6. The van der Waals surface area contributed by atoms with Crippen molar-refractivity contribution in [2.75, 3.05) is 9.80 Å². The van der Waals surface area contributed by atoms with Gasteiger partial charge in [-0.05, 0) is 101 Å². The van der Waals surface area contributed by atoms with Crippen LogP contribution in [0.2, 0.25) is 0 Å². The van der Waals surface area contributed by atoms with Crippen LogP contribution in [0.15, 0.2) is 170 Å². The standard InChI is InChI=1S/C52H42BN3/c1-51-32-14-15-33-52(51,2)55(38-22-10-5-11-23-38)44-31-30-36(34-42(44)51)47-41-26-16-25-40-39-24-17-29-46-48(39)53(56(50(40)41)49(47)35-18-6-3-7-19-35)43-27-12-13-28-45(43)54(46)37-20-8-4-9-21-37/h3-13,16-31,34H,14-15,32-33H2,1-2H3. The maximum absolute atomic E-state index is 2.72. The first-order valence-corrected chi connectivity index (χ1v) is 20.4. The van der Waals surface area contributed by atoms with Gasteiger partial charge in [-0.15, -0.1) is 0 Å². The molecule has 268 valence electrons. The Morgan fingerprint density at radius 3 is 2.00 bits per heavy atom. The second-order valence-electron chi connectivity index (χ2n) is 16.7. The lowest BCUT2D eigenvalue weighted by Gasteiger charge is -2.50. The fourth-order valence-electron chi connectivity index (χ4n) is 11.5. The molecule has 1 saturated carbocycles. The Balaban J connectivity index is 1.17. The molecule has 56 heavy (non-hydrogen) atoms. The number of para-hydroxylation sites is 4. The second-order valence-corrected chi connectivity index (χ2v) is 16.7. The zero-order valence-corrected chi connectivity index (χ0v) is 31.9. The van der Waals surface area contributed by atoms with Crippen LogP contribution >= 0.6 is 0 Å². The highest BCUT2D eigenvalue weighted by atomic mass is 15.3. The normalized spacial score (nSPS) is 20.1. The molecule has 12 rings (SSSR count). The predicted octanol–water partition coefficient (Wildman–Crippen LogP) is 12.1. The van der Waals surface area contributed by atoms with Crippen molar-refractivity contribution < 1.29 is 0 Å².